The van der Waals surface area contributed by atoms with Gasteiger partial charge in [0.15, 0.2) is 0 Å². The molecule has 2 aromatic rings. The number of piperidine rings is 1. The molecule has 3 rings (SSSR count). The lowest BCUT2D eigenvalue weighted by atomic mass is 9.97. The monoisotopic (exact) mass is 442 g/mol. The predicted molar refractivity (Wildman–Crippen MR) is 114 cm³/mol. The first kappa shape index (κ1) is 20.8. The molecule has 0 radical (unpaired) electrons. The molecule has 1 aliphatic heterocycles. The third-order valence-corrected chi connectivity index (χ3v) is 7.04. The normalized spacial score (nSPS) is 20.0. The third-order valence-electron chi connectivity index (χ3n) is 4.80. The summed E-state index contributed by atoms with van der Waals surface area (Å²) in [4.78, 5) is 20.4. The van der Waals surface area contributed by atoms with Crippen molar-refractivity contribution in [1.82, 2.24) is 9.88 Å². The molecule has 0 N–H and O–H groups in total. The van der Waals surface area contributed by atoms with Crippen molar-refractivity contribution in [2.75, 3.05) is 0 Å². The highest BCUT2D eigenvalue weighted by atomic mass is 35.5. The number of likely N-dealkylation sites (tertiary alicyclic amines) is 1. The summed E-state index contributed by atoms with van der Waals surface area (Å²) >= 11 is 19.8. The average molecular weight is 444 g/mol. The number of carbonyl (C=O) groups excluding carboxylic acids is 1. The SMILES string of the molecule is CC1CCCC(C)N1C(=O)c1cccc(CSc2cc(Cl)c(Cl)cc2Cl)n1. The maximum absolute atomic E-state index is 13.0. The summed E-state index contributed by atoms with van der Waals surface area (Å²) in [6, 6.07) is 9.47. The summed E-state index contributed by atoms with van der Waals surface area (Å²) < 4.78 is 0. The van der Waals surface area contributed by atoms with Gasteiger partial charge in [-0.25, -0.2) is 4.98 Å². The van der Waals surface area contributed by atoms with Crippen molar-refractivity contribution in [3.8, 4) is 0 Å². The molecular weight excluding hydrogens is 423 g/mol. The van der Waals surface area contributed by atoms with Crippen LogP contribution in [0.25, 0.3) is 0 Å². The Labute approximate surface area is 179 Å². The lowest BCUT2D eigenvalue weighted by Gasteiger charge is -2.38. The van der Waals surface area contributed by atoms with Gasteiger partial charge in [-0.15, -0.1) is 11.8 Å². The van der Waals surface area contributed by atoms with Crippen LogP contribution in [-0.4, -0.2) is 27.9 Å². The van der Waals surface area contributed by atoms with E-state index in [2.05, 4.69) is 18.8 Å². The number of carbonyl (C=O) groups is 1. The molecule has 1 amide bonds. The zero-order chi connectivity index (χ0) is 19.6. The molecule has 0 bridgehead atoms. The van der Waals surface area contributed by atoms with E-state index in [1.807, 2.05) is 17.0 Å². The Morgan fingerprint density at radius 1 is 1.11 bits per heavy atom. The Balaban J connectivity index is 1.74. The molecule has 27 heavy (non-hydrogen) atoms. The molecule has 0 saturated carbocycles. The van der Waals surface area contributed by atoms with Gasteiger partial charge in [0.25, 0.3) is 5.91 Å². The van der Waals surface area contributed by atoms with Crippen molar-refractivity contribution >= 4 is 52.5 Å². The molecular formula is C20H21Cl3N2OS. The van der Waals surface area contributed by atoms with E-state index in [-0.39, 0.29) is 18.0 Å². The van der Waals surface area contributed by atoms with Crippen molar-refractivity contribution in [2.24, 2.45) is 0 Å². The molecule has 3 nitrogen and oxygen atoms in total. The summed E-state index contributed by atoms with van der Waals surface area (Å²) in [6.07, 6.45) is 3.25. The first-order valence-corrected chi connectivity index (χ1v) is 11.0. The van der Waals surface area contributed by atoms with Crippen LogP contribution >= 0.6 is 46.6 Å². The van der Waals surface area contributed by atoms with Crippen molar-refractivity contribution < 1.29 is 4.79 Å². The zero-order valence-corrected chi connectivity index (χ0v) is 18.3. The van der Waals surface area contributed by atoms with Crippen LogP contribution in [0.15, 0.2) is 35.2 Å². The van der Waals surface area contributed by atoms with E-state index in [1.54, 1.807) is 18.2 Å². The standard InChI is InChI=1S/C20H21Cl3N2OS/c1-12-5-3-6-13(2)25(12)20(26)18-8-4-7-14(24-18)11-27-19-10-16(22)15(21)9-17(19)23/h4,7-10,12-13H,3,5-6,11H2,1-2H3. The number of hydrogen-bond donors (Lipinski definition) is 0. The molecule has 1 fully saturated rings. The van der Waals surface area contributed by atoms with Gasteiger partial charge in [-0.3, -0.25) is 4.79 Å². The molecule has 2 atom stereocenters. The minimum absolute atomic E-state index is 0.00844. The van der Waals surface area contributed by atoms with Gasteiger partial charge in [0.05, 0.1) is 20.8 Å². The molecule has 144 valence electrons. The maximum Gasteiger partial charge on any atom is 0.272 e. The lowest BCUT2D eigenvalue weighted by Crippen LogP contribution is -2.47. The number of rotatable bonds is 4. The maximum atomic E-state index is 13.0. The molecule has 1 aromatic carbocycles. The Morgan fingerprint density at radius 3 is 2.48 bits per heavy atom. The van der Waals surface area contributed by atoms with Crippen LogP contribution < -0.4 is 0 Å². The van der Waals surface area contributed by atoms with Crippen LogP contribution in [0.1, 0.15) is 49.3 Å². The van der Waals surface area contributed by atoms with E-state index >= 15 is 0 Å². The molecule has 1 saturated heterocycles. The van der Waals surface area contributed by atoms with Crippen molar-refractivity contribution in [1.29, 1.82) is 0 Å². The number of nitrogens with zero attached hydrogens (tertiary/aromatic N) is 2. The van der Waals surface area contributed by atoms with E-state index in [4.69, 9.17) is 34.8 Å². The largest absolute Gasteiger partial charge is 0.332 e. The van der Waals surface area contributed by atoms with E-state index in [0.717, 1.165) is 23.4 Å². The van der Waals surface area contributed by atoms with Crippen molar-refractivity contribution in [2.45, 2.75) is 55.8 Å². The van der Waals surface area contributed by atoms with Gasteiger partial charge in [-0.2, -0.15) is 0 Å². The smallest absolute Gasteiger partial charge is 0.272 e. The Kier molecular flexibility index (Phi) is 6.96. The Hall–Kier alpha value is -0.940. The highest BCUT2D eigenvalue weighted by Gasteiger charge is 2.30. The molecule has 7 heteroatoms. The Bertz CT molecular complexity index is 836. The predicted octanol–water partition coefficient (Wildman–Crippen LogP) is 6.74. The molecule has 1 aromatic heterocycles. The summed E-state index contributed by atoms with van der Waals surface area (Å²) in [5.41, 5.74) is 1.32. The van der Waals surface area contributed by atoms with Crippen LogP contribution in [0.3, 0.4) is 0 Å². The van der Waals surface area contributed by atoms with Crippen LogP contribution in [0.2, 0.25) is 15.1 Å². The topological polar surface area (TPSA) is 33.2 Å². The number of amides is 1. The van der Waals surface area contributed by atoms with E-state index < -0.39 is 0 Å². The summed E-state index contributed by atoms with van der Waals surface area (Å²) in [7, 11) is 0. The number of thioether (sulfide) groups is 1. The molecule has 1 aliphatic rings. The highest BCUT2D eigenvalue weighted by Crippen LogP contribution is 2.36. The van der Waals surface area contributed by atoms with E-state index in [0.29, 0.717) is 26.5 Å². The summed E-state index contributed by atoms with van der Waals surface area (Å²) in [5, 5.41) is 1.45. The molecule has 2 unspecified atom stereocenters. The number of pyridine rings is 1. The second-order valence-electron chi connectivity index (χ2n) is 6.84. The fourth-order valence-electron chi connectivity index (χ4n) is 3.40. The van der Waals surface area contributed by atoms with Crippen LogP contribution in [0.5, 0.6) is 0 Å². The highest BCUT2D eigenvalue weighted by molar-refractivity contribution is 7.98. The number of benzene rings is 1. The lowest BCUT2D eigenvalue weighted by molar-refractivity contribution is 0.0504. The van der Waals surface area contributed by atoms with Gasteiger partial charge in [-0.05, 0) is 57.4 Å². The van der Waals surface area contributed by atoms with Gasteiger partial charge < -0.3 is 4.90 Å². The molecule has 0 aliphatic carbocycles. The number of aromatic nitrogens is 1. The minimum atomic E-state index is 0.00844. The first-order valence-electron chi connectivity index (χ1n) is 8.92. The fourth-order valence-corrected chi connectivity index (χ4v) is 5.04. The molecule has 2 heterocycles. The number of halogens is 3. The minimum Gasteiger partial charge on any atom is -0.332 e. The zero-order valence-electron chi connectivity index (χ0n) is 15.2. The van der Waals surface area contributed by atoms with Crippen molar-refractivity contribution in [3.05, 3.63) is 56.8 Å². The average Bonchev–Trinajstić information content (AvgIpc) is 2.63. The molecule has 0 spiro atoms. The van der Waals surface area contributed by atoms with Crippen LogP contribution in [-0.2, 0) is 5.75 Å². The third kappa shape index (κ3) is 4.92. The first-order chi connectivity index (χ1) is 12.9. The van der Waals surface area contributed by atoms with E-state index in [1.165, 1.54) is 18.2 Å². The van der Waals surface area contributed by atoms with Gasteiger partial charge in [-0.1, -0.05) is 40.9 Å². The fraction of sp³-hybridized carbons (Fsp3) is 0.400. The number of hydrogen-bond acceptors (Lipinski definition) is 3. The van der Waals surface area contributed by atoms with Gasteiger partial charge in [0.1, 0.15) is 5.69 Å². The second-order valence-corrected chi connectivity index (χ2v) is 9.08. The summed E-state index contributed by atoms with van der Waals surface area (Å²) in [6.45, 7) is 4.22. The van der Waals surface area contributed by atoms with Crippen molar-refractivity contribution in [3.63, 3.8) is 0 Å². The van der Waals surface area contributed by atoms with Crippen LogP contribution in [0.4, 0.5) is 0 Å². The second kappa shape index (κ2) is 9.04. The van der Waals surface area contributed by atoms with Gasteiger partial charge in [0, 0.05) is 22.7 Å². The quantitative estimate of drug-likeness (QED) is 0.387. The summed E-state index contributed by atoms with van der Waals surface area (Å²) in [5.74, 6) is 0.596. The Morgan fingerprint density at radius 2 is 1.78 bits per heavy atom. The van der Waals surface area contributed by atoms with Crippen LogP contribution in [0, 0.1) is 0 Å². The van der Waals surface area contributed by atoms with Gasteiger partial charge in [0.2, 0.25) is 0 Å². The van der Waals surface area contributed by atoms with Gasteiger partial charge >= 0.3 is 0 Å². The van der Waals surface area contributed by atoms with E-state index in [9.17, 15) is 4.79 Å².